The van der Waals surface area contributed by atoms with Gasteiger partial charge in [-0.15, -0.1) is 0 Å². The summed E-state index contributed by atoms with van der Waals surface area (Å²) < 4.78 is 22.3. The van der Waals surface area contributed by atoms with Crippen molar-refractivity contribution in [1.82, 2.24) is 19.6 Å². The minimum atomic E-state index is -0.850. The van der Waals surface area contributed by atoms with Crippen LogP contribution in [-0.4, -0.2) is 50.3 Å². The number of nitrogens with zero attached hydrogens (tertiary/aromatic N) is 4. The third kappa shape index (κ3) is 3.45. The molecular formula is C26H27FN4O3. The molecule has 8 heteroatoms. The highest BCUT2D eigenvalue weighted by Gasteiger charge is 2.63. The summed E-state index contributed by atoms with van der Waals surface area (Å²) in [5.74, 6) is -0.494. The van der Waals surface area contributed by atoms with Gasteiger partial charge in [-0.25, -0.2) is 9.18 Å². The molecule has 2 aromatic carbocycles. The van der Waals surface area contributed by atoms with Crippen molar-refractivity contribution in [3.05, 3.63) is 89.5 Å². The van der Waals surface area contributed by atoms with Crippen molar-refractivity contribution < 1.29 is 18.7 Å². The van der Waals surface area contributed by atoms with E-state index in [2.05, 4.69) is 5.10 Å². The second kappa shape index (κ2) is 8.27. The largest absolute Gasteiger partial charge is 0.440 e. The Labute approximate surface area is 197 Å². The van der Waals surface area contributed by atoms with Crippen LogP contribution in [-0.2, 0) is 23.9 Å². The standard InChI is InChI=1S/C26H27FN4O3/c1-25(20-9-4-3-5-10-20)26(34-24(33)31(25)18-19-8-6-7-11-21(19)27)13-16-30(17-14-26)23(32)22-12-15-29(2)28-22/h3-12,15H,13-14,16-18H2,1-2H3. The van der Waals surface area contributed by atoms with Crippen molar-refractivity contribution in [1.29, 1.82) is 0 Å². The summed E-state index contributed by atoms with van der Waals surface area (Å²) in [6.07, 6.45) is 2.20. The van der Waals surface area contributed by atoms with Gasteiger partial charge in [0, 0.05) is 44.7 Å². The fourth-order valence-electron chi connectivity index (χ4n) is 5.30. The van der Waals surface area contributed by atoms with Gasteiger partial charge in [-0.3, -0.25) is 14.4 Å². The summed E-state index contributed by atoms with van der Waals surface area (Å²) in [7, 11) is 1.77. The van der Waals surface area contributed by atoms with E-state index in [9.17, 15) is 14.0 Å². The van der Waals surface area contributed by atoms with E-state index in [4.69, 9.17) is 4.74 Å². The molecule has 0 saturated carbocycles. The van der Waals surface area contributed by atoms with Crippen LogP contribution in [0.2, 0.25) is 0 Å². The van der Waals surface area contributed by atoms with E-state index in [0.29, 0.717) is 37.2 Å². The summed E-state index contributed by atoms with van der Waals surface area (Å²) in [4.78, 5) is 29.6. The van der Waals surface area contributed by atoms with Crippen LogP contribution in [0.4, 0.5) is 9.18 Å². The van der Waals surface area contributed by atoms with E-state index >= 15 is 0 Å². The number of rotatable bonds is 4. The SMILES string of the molecule is Cn1ccc(C(=O)N2CCC3(CC2)OC(=O)N(Cc2ccccc2F)C3(C)c2ccccc2)n1. The average molecular weight is 463 g/mol. The lowest BCUT2D eigenvalue weighted by atomic mass is 9.70. The lowest BCUT2D eigenvalue weighted by molar-refractivity contribution is -0.0552. The molecule has 1 unspecified atom stereocenters. The first-order valence-corrected chi connectivity index (χ1v) is 11.4. The molecule has 3 aromatic rings. The number of ether oxygens (including phenoxy) is 1. The fraction of sp³-hybridized carbons (Fsp3) is 0.346. The number of aromatic nitrogens is 2. The van der Waals surface area contributed by atoms with Crippen LogP contribution in [0.3, 0.4) is 0 Å². The Kier molecular flexibility index (Phi) is 5.38. The number of carbonyl (C=O) groups is 2. The monoisotopic (exact) mass is 462 g/mol. The molecular weight excluding hydrogens is 435 g/mol. The topological polar surface area (TPSA) is 67.7 Å². The van der Waals surface area contributed by atoms with Crippen molar-refractivity contribution >= 4 is 12.0 Å². The highest BCUT2D eigenvalue weighted by atomic mass is 19.1. The quantitative estimate of drug-likeness (QED) is 0.586. The van der Waals surface area contributed by atoms with Crippen LogP contribution in [0.5, 0.6) is 0 Å². The first-order chi connectivity index (χ1) is 16.3. The van der Waals surface area contributed by atoms with E-state index in [1.165, 1.54) is 6.07 Å². The van der Waals surface area contributed by atoms with Gasteiger partial charge in [-0.05, 0) is 24.6 Å². The molecule has 5 rings (SSSR count). The van der Waals surface area contributed by atoms with Gasteiger partial charge in [-0.1, -0.05) is 48.5 Å². The number of likely N-dealkylation sites (tertiary alicyclic amines) is 1. The third-order valence-corrected chi connectivity index (χ3v) is 7.34. The Morgan fingerprint density at radius 1 is 1.06 bits per heavy atom. The zero-order valence-corrected chi connectivity index (χ0v) is 19.3. The zero-order chi connectivity index (χ0) is 23.9. The highest BCUT2D eigenvalue weighted by molar-refractivity contribution is 5.92. The average Bonchev–Trinajstić information content (AvgIpc) is 3.37. The van der Waals surface area contributed by atoms with Crippen LogP contribution in [0, 0.1) is 5.82 Å². The smallest absolute Gasteiger partial charge is 0.411 e. The van der Waals surface area contributed by atoms with Crippen LogP contribution in [0.1, 0.15) is 41.4 Å². The van der Waals surface area contributed by atoms with Crippen LogP contribution in [0.25, 0.3) is 0 Å². The van der Waals surface area contributed by atoms with Gasteiger partial charge >= 0.3 is 6.09 Å². The predicted octanol–water partition coefficient (Wildman–Crippen LogP) is 4.10. The molecule has 3 heterocycles. The van der Waals surface area contributed by atoms with Crippen molar-refractivity contribution in [3.63, 3.8) is 0 Å². The van der Waals surface area contributed by atoms with Gasteiger partial charge in [0.25, 0.3) is 5.91 Å². The molecule has 0 bridgehead atoms. The molecule has 0 N–H and O–H groups in total. The first kappa shape index (κ1) is 22.1. The predicted molar refractivity (Wildman–Crippen MR) is 123 cm³/mol. The van der Waals surface area contributed by atoms with Gasteiger partial charge in [0.05, 0.1) is 6.54 Å². The molecule has 2 aliphatic heterocycles. The number of carbonyl (C=O) groups excluding carboxylic acids is 2. The van der Waals surface area contributed by atoms with E-state index in [-0.39, 0.29) is 18.3 Å². The number of aryl methyl sites for hydroxylation is 1. The molecule has 2 saturated heterocycles. The Morgan fingerprint density at radius 2 is 1.74 bits per heavy atom. The molecule has 1 aromatic heterocycles. The maximum atomic E-state index is 14.5. The number of hydrogen-bond donors (Lipinski definition) is 0. The molecule has 176 valence electrons. The summed E-state index contributed by atoms with van der Waals surface area (Å²) >= 11 is 0. The summed E-state index contributed by atoms with van der Waals surface area (Å²) in [5.41, 5.74) is 0.0581. The van der Waals surface area contributed by atoms with Crippen molar-refractivity contribution in [2.75, 3.05) is 13.1 Å². The Morgan fingerprint density at radius 3 is 2.38 bits per heavy atom. The highest BCUT2D eigenvalue weighted by Crippen LogP contribution is 2.52. The number of halogens is 1. The summed E-state index contributed by atoms with van der Waals surface area (Å²) in [6, 6.07) is 17.9. The van der Waals surface area contributed by atoms with Gasteiger partial charge in [0.2, 0.25) is 0 Å². The minimum Gasteiger partial charge on any atom is -0.440 e. The minimum absolute atomic E-state index is 0.0925. The Bertz CT molecular complexity index is 1220. The van der Waals surface area contributed by atoms with Gasteiger partial charge in [-0.2, -0.15) is 5.10 Å². The van der Waals surface area contributed by atoms with E-state index < -0.39 is 17.2 Å². The van der Waals surface area contributed by atoms with Gasteiger partial charge < -0.3 is 9.64 Å². The molecule has 2 fully saturated rings. The van der Waals surface area contributed by atoms with Crippen LogP contribution >= 0.6 is 0 Å². The lowest BCUT2D eigenvalue weighted by Crippen LogP contribution is -2.58. The van der Waals surface area contributed by atoms with Gasteiger partial charge in [0.1, 0.15) is 22.7 Å². The molecule has 34 heavy (non-hydrogen) atoms. The number of amides is 2. The molecule has 2 amide bonds. The molecule has 2 aliphatic rings. The maximum absolute atomic E-state index is 14.5. The summed E-state index contributed by atoms with van der Waals surface area (Å²) in [5, 5.41) is 4.23. The first-order valence-electron chi connectivity index (χ1n) is 11.4. The zero-order valence-electron chi connectivity index (χ0n) is 19.3. The Balaban J connectivity index is 1.47. The molecule has 1 spiro atoms. The third-order valence-electron chi connectivity index (χ3n) is 7.34. The molecule has 0 aliphatic carbocycles. The number of hydrogen-bond acceptors (Lipinski definition) is 4. The van der Waals surface area contributed by atoms with Crippen molar-refractivity contribution in [2.45, 2.75) is 37.5 Å². The number of benzene rings is 2. The summed E-state index contributed by atoms with van der Waals surface area (Å²) in [6.45, 7) is 2.94. The maximum Gasteiger partial charge on any atom is 0.411 e. The van der Waals surface area contributed by atoms with Crippen molar-refractivity contribution in [2.24, 2.45) is 7.05 Å². The fourth-order valence-corrected chi connectivity index (χ4v) is 5.30. The lowest BCUT2D eigenvalue weighted by Gasteiger charge is -2.48. The van der Waals surface area contributed by atoms with Crippen LogP contribution < -0.4 is 0 Å². The second-order valence-corrected chi connectivity index (χ2v) is 9.14. The molecule has 7 nitrogen and oxygen atoms in total. The van der Waals surface area contributed by atoms with Gasteiger partial charge in [0.15, 0.2) is 0 Å². The second-order valence-electron chi connectivity index (χ2n) is 9.14. The van der Waals surface area contributed by atoms with E-state index in [1.807, 2.05) is 37.3 Å². The molecule has 0 radical (unpaired) electrons. The molecule has 1 atom stereocenters. The van der Waals surface area contributed by atoms with Crippen LogP contribution in [0.15, 0.2) is 66.9 Å². The van der Waals surface area contributed by atoms with E-state index in [0.717, 1.165) is 5.56 Å². The Hall–Kier alpha value is -3.68. The number of piperidine rings is 1. The van der Waals surface area contributed by atoms with Crippen molar-refractivity contribution in [3.8, 4) is 0 Å². The van der Waals surface area contributed by atoms with E-state index in [1.54, 1.807) is 52.0 Å². The normalized spacial score (nSPS) is 21.7.